The Morgan fingerprint density at radius 1 is 0.771 bits per heavy atom. The Kier molecular flexibility index (Phi) is 6.59. The number of carbonyl (C=O) groups is 1. The van der Waals surface area contributed by atoms with E-state index in [1.807, 2.05) is 60.7 Å². The van der Waals surface area contributed by atoms with Gasteiger partial charge in [0.25, 0.3) is 5.91 Å². The molecule has 4 aromatic carbocycles. The van der Waals surface area contributed by atoms with Crippen molar-refractivity contribution in [2.45, 2.75) is 0 Å². The van der Waals surface area contributed by atoms with Gasteiger partial charge in [0.1, 0.15) is 11.6 Å². The summed E-state index contributed by atoms with van der Waals surface area (Å²) in [4.78, 5) is 20.6. The SMILES string of the molecule is O=C(COc1ccc(-c2nc(-c3ccccc3)c(-c3ccccc3)[nH]2)cc1)Nc1ccc(Cl)cc1. The van der Waals surface area contributed by atoms with Crippen molar-refractivity contribution in [1.29, 1.82) is 0 Å². The van der Waals surface area contributed by atoms with Crippen molar-refractivity contribution in [2.24, 2.45) is 0 Å². The van der Waals surface area contributed by atoms with Crippen LogP contribution in [0, 0.1) is 0 Å². The van der Waals surface area contributed by atoms with E-state index in [1.165, 1.54) is 0 Å². The minimum atomic E-state index is -0.248. The van der Waals surface area contributed by atoms with E-state index in [4.69, 9.17) is 21.3 Å². The van der Waals surface area contributed by atoms with Crippen molar-refractivity contribution in [3.63, 3.8) is 0 Å². The first-order chi connectivity index (χ1) is 17.2. The lowest BCUT2D eigenvalue weighted by Crippen LogP contribution is -2.20. The number of imidazole rings is 1. The molecular formula is C29H22ClN3O2. The number of halogens is 1. The average Bonchev–Trinajstić information content (AvgIpc) is 3.36. The maximum Gasteiger partial charge on any atom is 0.262 e. The van der Waals surface area contributed by atoms with Crippen molar-refractivity contribution >= 4 is 23.2 Å². The molecule has 0 saturated carbocycles. The van der Waals surface area contributed by atoms with Crippen LogP contribution in [0.1, 0.15) is 0 Å². The standard InChI is InChI=1S/C29H22ClN3O2/c30-23-13-15-24(16-14-23)31-26(34)19-35-25-17-11-22(12-18-25)29-32-27(20-7-3-1-4-8-20)28(33-29)21-9-5-2-6-10-21/h1-18H,19H2,(H,31,34)(H,32,33). The van der Waals surface area contributed by atoms with Gasteiger partial charge in [0, 0.05) is 27.4 Å². The topological polar surface area (TPSA) is 67.0 Å². The number of nitrogens with zero attached hydrogens (tertiary/aromatic N) is 1. The molecule has 0 atom stereocenters. The summed E-state index contributed by atoms with van der Waals surface area (Å²) in [6.07, 6.45) is 0. The third-order valence-corrected chi connectivity index (χ3v) is 5.69. The van der Waals surface area contributed by atoms with Gasteiger partial charge in [-0.3, -0.25) is 4.79 Å². The molecule has 0 aliphatic carbocycles. The van der Waals surface area contributed by atoms with Gasteiger partial charge in [-0.1, -0.05) is 72.3 Å². The van der Waals surface area contributed by atoms with Gasteiger partial charge in [-0.05, 0) is 48.5 Å². The highest BCUT2D eigenvalue weighted by molar-refractivity contribution is 6.30. The molecule has 5 nitrogen and oxygen atoms in total. The Morgan fingerprint density at radius 2 is 1.40 bits per heavy atom. The van der Waals surface area contributed by atoms with E-state index in [0.717, 1.165) is 33.9 Å². The van der Waals surface area contributed by atoms with Gasteiger partial charge in [0.2, 0.25) is 0 Å². The van der Waals surface area contributed by atoms with E-state index < -0.39 is 0 Å². The number of H-pyrrole nitrogens is 1. The van der Waals surface area contributed by atoms with Gasteiger partial charge in [-0.2, -0.15) is 0 Å². The number of aromatic nitrogens is 2. The highest BCUT2D eigenvalue weighted by Crippen LogP contribution is 2.33. The van der Waals surface area contributed by atoms with Crippen LogP contribution < -0.4 is 10.1 Å². The number of hydrogen-bond acceptors (Lipinski definition) is 3. The molecule has 172 valence electrons. The molecular weight excluding hydrogens is 458 g/mol. The van der Waals surface area contributed by atoms with Gasteiger partial charge in [-0.15, -0.1) is 0 Å². The zero-order chi connectivity index (χ0) is 24.0. The molecule has 5 rings (SSSR count). The molecule has 1 heterocycles. The monoisotopic (exact) mass is 479 g/mol. The van der Waals surface area contributed by atoms with Crippen LogP contribution in [0.4, 0.5) is 5.69 Å². The lowest BCUT2D eigenvalue weighted by atomic mass is 10.1. The Bertz CT molecular complexity index is 1360. The first kappa shape index (κ1) is 22.4. The molecule has 35 heavy (non-hydrogen) atoms. The van der Waals surface area contributed by atoms with Crippen LogP contribution in [0.2, 0.25) is 5.02 Å². The third kappa shape index (κ3) is 5.42. The molecule has 2 N–H and O–H groups in total. The van der Waals surface area contributed by atoms with Crippen LogP contribution in [0.15, 0.2) is 109 Å². The van der Waals surface area contributed by atoms with Crippen molar-refractivity contribution < 1.29 is 9.53 Å². The number of carbonyl (C=O) groups excluding carboxylic acids is 1. The second-order valence-corrected chi connectivity index (χ2v) is 8.35. The van der Waals surface area contributed by atoms with Crippen LogP contribution in [0.25, 0.3) is 33.9 Å². The van der Waals surface area contributed by atoms with Gasteiger partial charge in [0.15, 0.2) is 6.61 Å². The predicted octanol–water partition coefficient (Wildman–Crippen LogP) is 7.08. The zero-order valence-corrected chi connectivity index (χ0v) is 19.5. The summed E-state index contributed by atoms with van der Waals surface area (Å²) in [6.45, 7) is -0.0982. The second-order valence-electron chi connectivity index (χ2n) is 7.91. The highest BCUT2D eigenvalue weighted by Gasteiger charge is 2.15. The molecule has 5 aromatic rings. The Labute approximate surface area is 208 Å². The van der Waals surface area contributed by atoms with Crippen LogP contribution in [-0.2, 0) is 4.79 Å². The average molecular weight is 480 g/mol. The number of aromatic amines is 1. The first-order valence-electron chi connectivity index (χ1n) is 11.2. The molecule has 6 heteroatoms. The Morgan fingerprint density at radius 3 is 2.06 bits per heavy atom. The summed E-state index contributed by atoms with van der Waals surface area (Å²) in [5.74, 6) is 1.11. The number of anilines is 1. The van der Waals surface area contributed by atoms with E-state index in [1.54, 1.807) is 24.3 Å². The zero-order valence-electron chi connectivity index (χ0n) is 18.7. The van der Waals surface area contributed by atoms with Crippen LogP contribution in [-0.4, -0.2) is 22.5 Å². The highest BCUT2D eigenvalue weighted by atomic mass is 35.5. The van der Waals surface area contributed by atoms with E-state index in [0.29, 0.717) is 16.5 Å². The van der Waals surface area contributed by atoms with Crippen LogP contribution in [0.3, 0.4) is 0 Å². The minimum Gasteiger partial charge on any atom is -0.484 e. The van der Waals surface area contributed by atoms with Crippen molar-refractivity contribution in [1.82, 2.24) is 9.97 Å². The molecule has 0 aliphatic heterocycles. The molecule has 1 aromatic heterocycles. The van der Waals surface area contributed by atoms with Gasteiger partial charge >= 0.3 is 0 Å². The van der Waals surface area contributed by atoms with Crippen molar-refractivity contribution in [2.75, 3.05) is 11.9 Å². The van der Waals surface area contributed by atoms with E-state index in [-0.39, 0.29) is 12.5 Å². The lowest BCUT2D eigenvalue weighted by Gasteiger charge is -2.08. The number of ether oxygens (including phenoxy) is 1. The summed E-state index contributed by atoms with van der Waals surface area (Å²) in [7, 11) is 0. The number of nitrogens with one attached hydrogen (secondary N) is 2. The van der Waals surface area contributed by atoms with Crippen LogP contribution in [0.5, 0.6) is 5.75 Å². The fourth-order valence-corrected chi connectivity index (χ4v) is 3.84. The Balaban J connectivity index is 1.32. The van der Waals surface area contributed by atoms with Gasteiger partial charge in [0.05, 0.1) is 11.4 Å². The third-order valence-electron chi connectivity index (χ3n) is 5.44. The maximum absolute atomic E-state index is 12.2. The molecule has 0 spiro atoms. The van der Waals surface area contributed by atoms with Gasteiger partial charge < -0.3 is 15.0 Å². The predicted molar refractivity (Wildman–Crippen MR) is 140 cm³/mol. The molecule has 0 unspecified atom stereocenters. The molecule has 0 aliphatic rings. The molecule has 0 radical (unpaired) electrons. The summed E-state index contributed by atoms with van der Waals surface area (Å²) >= 11 is 5.87. The molecule has 0 fully saturated rings. The smallest absolute Gasteiger partial charge is 0.262 e. The van der Waals surface area contributed by atoms with E-state index in [2.05, 4.69) is 34.6 Å². The fourth-order valence-electron chi connectivity index (χ4n) is 3.72. The molecule has 0 saturated heterocycles. The van der Waals surface area contributed by atoms with E-state index >= 15 is 0 Å². The largest absolute Gasteiger partial charge is 0.484 e. The lowest BCUT2D eigenvalue weighted by molar-refractivity contribution is -0.118. The number of benzene rings is 4. The van der Waals surface area contributed by atoms with Crippen molar-refractivity contribution in [3.05, 3.63) is 114 Å². The second kappa shape index (κ2) is 10.3. The molecule has 1 amide bonds. The van der Waals surface area contributed by atoms with Crippen molar-refractivity contribution in [3.8, 4) is 39.7 Å². The fraction of sp³-hybridized carbons (Fsp3) is 0.0345. The summed E-state index contributed by atoms with van der Waals surface area (Å²) in [5.41, 5.74) is 5.55. The van der Waals surface area contributed by atoms with Crippen LogP contribution >= 0.6 is 11.6 Å². The Hall–Kier alpha value is -4.35. The summed E-state index contributed by atoms with van der Waals surface area (Å²) < 4.78 is 5.65. The summed E-state index contributed by atoms with van der Waals surface area (Å²) in [5, 5.41) is 3.39. The maximum atomic E-state index is 12.2. The minimum absolute atomic E-state index is 0.0982. The molecule has 0 bridgehead atoms. The number of rotatable bonds is 7. The summed E-state index contributed by atoms with van der Waals surface area (Å²) in [6, 6.07) is 34.7. The quantitative estimate of drug-likeness (QED) is 0.262. The van der Waals surface area contributed by atoms with E-state index in [9.17, 15) is 4.79 Å². The first-order valence-corrected chi connectivity index (χ1v) is 11.5. The number of amides is 1. The van der Waals surface area contributed by atoms with Gasteiger partial charge in [-0.25, -0.2) is 4.98 Å². The normalized spacial score (nSPS) is 10.7. The number of hydrogen-bond donors (Lipinski definition) is 2.